The summed E-state index contributed by atoms with van der Waals surface area (Å²) in [5.41, 5.74) is 15.4. The molecule has 10 aromatic rings. The standard InChI is InChI=1S/C59H40N5O.Ir.Pt/c1-2-15-52(53-41-64-58(57-19-6-10-35-63-57)40-59(53)65-50-13-11-12-48(39-50)56-18-5-9-34-62-56)51(14-1)49-37-44(22-20-42-24-28-46(29-25-42)54-16-3-7-32-60-54)36-45(38-49)23-21-43-26-30-47(31-27-43)55-17-4-8-33-61-55;;/h1-18,24-28,30,32-38,41H,20-23H2;;/q-5;+3;+2. The maximum absolute atomic E-state index is 6.74. The number of ether oxygens (including phenoxy) is 1. The maximum Gasteiger partial charge on any atom is 3.00 e. The average molecular weight is 1220 g/mol. The second kappa shape index (κ2) is 22.5. The topological polar surface area (TPSA) is 73.7 Å². The van der Waals surface area contributed by atoms with Gasteiger partial charge in [0.1, 0.15) is 0 Å². The Morgan fingerprint density at radius 1 is 0.418 bits per heavy atom. The van der Waals surface area contributed by atoms with Crippen LogP contribution in [0.5, 0.6) is 11.5 Å². The monoisotopic (exact) mass is 1220 g/mol. The summed E-state index contributed by atoms with van der Waals surface area (Å²) in [6.07, 6.45) is 12.4. The van der Waals surface area contributed by atoms with Crippen LogP contribution in [0.15, 0.2) is 195 Å². The molecule has 0 aliphatic carbocycles. The van der Waals surface area contributed by atoms with Gasteiger partial charge in [-0.25, -0.2) is 6.07 Å². The molecule has 0 aliphatic heterocycles. The van der Waals surface area contributed by atoms with E-state index in [1.165, 1.54) is 22.3 Å². The molecule has 0 aliphatic rings. The maximum atomic E-state index is 6.74. The summed E-state index contributed by atoms with van der Waals surface area (Å²) in [6, 6.07) is 72.4. The Morgan fingerprint density at radius 2 is 0.985 bits per heavy atom. The van der Waals surface area contributed by atoms with Crippen molar-refractivity contribution in [2.24, 2.45) is 0 Å². The number of pyridine rings is 5. The first-order chi connectivity index (χ1) is 32.2. The molecule has 0 saturated heterocycles. The van der Waals surface area contributed by atoms with Gasteiger partial charge in [0.15, 0.2) is 0 Å². The van der Waals surface area contributed by atoms with E-state index < -0.39 is 0 Å². The Morgan fingerprint density at radius 3 is 1.54 bits per heavy atom. The summed E-state index contributed by atoms with van der Waals surface area (Å²) in [5, 5.41) is 0. The van der Waals surface area contributed by atoms with Crippen LogP contribution in [0.3, 0.4) is 0 Å². The van der Waals surface area contributed by atoms with E-state index in [-0.39, 0.29) is 41.2 Å². The summed E-state index contributed by atoms with van der Waals surface area (Å²) in [7, 11) is 0. The quantitative estimate of drug-likeness (QED) is 0.101. The Balaban J connectivity index is 0.00000304. The zero-order chi connectivity index (χ0) is 43.6. The summed E-state index contributed by atoms with van der Waals surface area (Å²) in [5.74, 6) is 1.04. The molecule has 0 saturated carbocycles. The summed E-state index contributed by atoms with van der Waals surface area (Å²) < 4.78 is 6.74. The van der Waals surface area contributed by atoms with Gasteiger partial charge in [-0.05, 0) is 82.8 Å². The Hall–Kier alpha value is -7.01. The van der Waals surface area contributed by atoms with E-state index in [1.807, 2.05) is 104 Å². The number of hydrogen-bond acceptors (Lipinski definition) is 6. The van der Waals surface area contributed by atoms with E-state index in [1.54, 1.807) is 12.4 Å². The summed E-state index contributed by atoms with van der Waals surface area (Å²) in [4.78, 5) is 23.0. The van der Waals surface area contributed by atoms with Crippen molar-refractivity contribution in [3.05, 3.63) is 247 Å². The van der Waals surface area contributed by atoms with E-state index in [0.29, 0.717) is 22.9 Å². The van der Waals surface area contributed by atoms with Crippen molar-refractivity contribution >= 4 is 0 Å². The Labute approximate surface area is 419 Å². The van der Waals surface area contributed by atoms with E-state index in [0.717, 1.165) is 81.7 Å². The first-order valence-corrected chi connectivity index (χ1v) is 21.6. The molecule has 0 atom stereocenters. The average Bonchev–Trinajstić information content (AvgIpc) is 3.39. The smallest absolute Gasteiger partial charge is 0.503 e. The molecule has 67 heavy (non-hydrogen) atoms. The molecular weight excluding hydrogens is 1180 g/mol. The largest absolute Gasteiger partial charge is 3.00 e. The summed E-state index contributed by atoms with van der Waals surface area (Å²) >= 11 is 0. The number of rotatable bonds is 14. The molecule has 0 spiro atoms. The zero-order valence-electron chi connectivity index (χ0n) is 36.1. The number of aryl methyl sites for hydroxylation is 4. The third-order valence-corrected chi connectivity index (χ3v) is 11.2. The van der Waals surface area contributed by atoms with Crippen molar-refractivity contribution in [2.45, 2.75) is 25.7 Å². The molecule has 5 aromatic carbocycles. The predicted octanol–water partition coefficient (Wildman–Crippen LogP) is 13.0. The van der Waals surface area contributed by atoms with Gasteiger partial charge in [0.25, 0.3) is 0 Å². The van der Waals surface area contributed by atoms with Crippen molar-refractivity contribution in [1.82, 2.24) is 24.9 Å². The number of nitrogens with zero attached hydrogens (tertiary/aromatic N) is 5. The van der Waals surface area contributed by atoms with E-state index in [4.69, 9.17) is 9.72 Å². The predicted molar refractivity (Wildman–Crippen MR) is 256 cm³/mol. The van der Waals surface area contributed by atoms with Crippen LogP contribution in [0.1, 0.15) is 22.3 Å². The molecule has 0 amide bonds. The normalized spacial score (nSPS) is 10.7. The molecule has 0 fully saturated rings. The minimum absolute atomic E-state index is 0. The van der Waals surface area contributed by atoms with Crippen LogP contribution in [-0.4, -0.2) is 24.9 Å². The van der Waals surface area contributed by atoms with Gasteiger partial charge in [0, 0.05) is 30.1 Å². The van der Waals surface area contributed by atoms with Crippen LogP contribution in [0.4, 0.5) is 0 Å². The molecule has 0 bridgehead atoms. The van der Waals surface area contributed by atoms with Gasteiger partial charge in [-0.1, -0.05) is 109 Å². The van der Waals surface area contributed by atoms with Crippen LogP contribution in [0.2, 0.25) is 0 Å². The summed E-state index contributed by atoms with van der Waals surface area (Å²) in [6.45, 7) is 0. The van der Waals surface area contributed by atoms with E-state index >= 15 is 0 Å². The van der Waals surface area contributed by atoms with Gasteiger partial charge < -0.3 is 29.7 Å². The van der Waals surface area contributed by atoms with Crippen molar-refractivity contribution in [3.63, 3.8) is 0 Å². The van der Waals surface area contributed by atoms with Crippen LogP contribution < -0.4 is 4.74 Å². The molecular formula is C59H40IrN5OPt. The third kappa shape index (κ3) is 11.5. The molecule has 6 nitrogen and oxygen atoms in total. The van der Waals surface area contributed by atoms with Gasteiger partial charge in [-0.2, -0.15) is 12.1 Å². The fraction of sp³-hybridized carbons (Fsp3) is 0.0678. The van der Waals surface area contributed by atoms with Gasteiger partial charge in [0.05, 0.1) is 0 Å². The third-order valence-electron chi connectivity index (χ3n) is 11.2. The molecule has 10 rings (SSSR count). The second-order valence-corrected chi connectivity index (χ2v) is 15.6. The van der Waals surface area contributed by atoms with Crippen LogP contribution in [0, 0.1) is 30.3 Å². The SMILES string of the molecule is [Ir+3].[Pt+2].[c-]1c(Oc2[c-]c(-c3[c-]cccn3)ncc2-c2ccccc2-c2cc(CCc3c[c-]c(-c4ccccn4)cc3)cc(CCc3c[c-]c(-c4ccccn4)cc3)c2)cccc1-c1ccccn1. The van der Waals surface area contributed by atoms with E-state index in [9.17, 15) is 0 Å². The number of benzene rings is 5. The van der Waals surface area contributed by atoms with Gasteiger partial charge in [0.2, 0.25) is 0 Å². The van der Waals surface area contributed by atoms with Gasteiger partial charge >= 0.3 is 41.2 Å². The molecule has 0 unspecified atom stereocenters. The number of aromatic nitrogens is 5. The minimum Gasteiger partial charge on any atom is -0.503 e. The fourth-order valence-electron chi connectivity index (χ4n) is 7.87. The molecule has 326 valence electrons. The molecule has 5 aromatic heterocycles. The zero-order valence-corrected chi connectivity index (χ0v) is 40.8. The van der Waals surface area contributed by atoms with Crippen molar-refractivity contribution in [3.8, 4) is 78.9 Å². The number of hydrogen-bond donors (Lipinski definition) is 0. The van der Waals surface area contributed by atoms with Gasteiger partial charge in [-0.15, -0.1) is 112 Å². The van der Waals surface area contributed by atoms with Crippen molar-refractivity contribution in [2.75, 3.05) is 0 Å². The Kier molecular flexibility index (Phi) is 15.6. The first-order valence-electron chi connectivity index (χ1n) is 21.6. The van der Waals surface area contributed by atoms with Crippen LogP contribution in [-0.2, 0) is 66.9 Å². The second-order valence-electron chi connectivity index (χ2n) is 15.6. The molecule has 5 heterocycles. The van der Waals surface area contributed by atoms with E-state index in [2.05, 4.69) is 129 Å². The van der Waals surface area contributed by atoms with Gasteiger partial charge in [-0.3, -0.25) is 0 Å². The molecule has 8 heteroatoms. The Bertz CT molecular complexity index is 3050. The van der Waals surface area contributed by atoms with Crippen LogP contribution in [0.25, 0.3) is 67.4 Å². The van der Waals surface area contributed by atoms with Crippen LogP contribution >= 0.6 is 0 Å². The first kappa shape index (κ1) is 46.5. The van der Waals surface area contributed by atoms with Crippen molar-refractivity contribution in [1.29, 1.82) is 0 Å². The minimum atomic E-state index is 0. The van der Waals surface area contributed by atoms with Crippen molar-refractivity contribution < 1.29 is 45.9 Å². The fourth-order valence-corrected chi connectivity index (χ4v) is 7.87. The molecule has 0 N–H and O–H groups in total. The molecule has 0 radical (unpaired) electrons.